The van der Waals surface area contributed by atoms with Crippen molar-refractivity contribution in [1.29, 1.82) is 0 Å². The van der Waals surface area contributed by atoms with E-state index in [1.807, 2.05) is 0 Å². The van der Waals surface area contributed by atoms with Gasteiger partial charge in [0.2, 0.25) is 0 Å². The summed E-state index contributed by atoms with van der Waals surface area (Å²) in [6, 6.07) is 6.79. The molecule has 0 unspecified atom stereocenters. The van der Waals surface area contributed by atoms with Gasteiger partial charge < -0.3 is 4.74 Å². The molecule has 19 heavy (non-hydrogen) atoms. The zero-order chi connectivity index (χ0) is 13.8. The average molecular weight is 250 g/mol. The van der Waals surface area contributed by atoms with Gasteiger partial charge in [-0.3, -0.25) is 4.57 Å². The van der Waals surface area contributed by atoms with Crippen LogP contribution in [0.5, 0.6) is 0 Å². The lowest BCUT2D eigenvalue weighted by atomic mass is 10.2. The highest BCUT2D eigenvalue weighted by molar-refractivity contribution is 5.89. The summed E-state index contributed by atoms with van der Waals surface area (Å²) in [4.78, 5) is 15.4. The molecule has 0 aliphatic carbocycles. The van der Waals surface area contributed by atoms with Gasteiger partial charge in [0, 0.05) is 5.69 Å². The largest absolute Gasteiger partial charge is 0.465 e. The summed E-state index contributed by atoms with van der Waals surface area (Å²) in [6.45, 7) is 0. The third kappa shape index (κ3) is 2.20. The number of benzene rings is 1. The van der Waals surface area contributed by atoms with Crippen LogP contribution in [0.25, 0.3) is 5.69 Å². The second kappa shape index (κ2) is 5.12. The van der Waals surface area contributed by atoms with E-state index < -0.39 is 5.97 Å². The van der Waals surface area contributed by atoms with Crippen LogP contribution in [-0.4, -0.2) is 22.6 Å². The molecular weight excluding hydrogens is 240 g/mol. The molecule has 1 aromatic carbocycles. The Hall–Kier alpha value is -2.98. The predicted molar refractivity (Wildman–Crippen MR) is 70.8 cm³/mol. The molecule has 0 saturated carbocycles. The molecule has 0 amide bonds. The van der Waals surface area contributed by atoms with Crippen LogP contribution in [0.2, 0.25) is 0 Å². The maximum absolute atomic E-state index is 11.3. The maximum Gasteiger partial charge on any atom is 0.337 e. The van der Waals surface area contributed by atoms with Crippen molar-refractivity contribution in [1.82, 2.24) is 9.55 Å². The van der Waals surface area contributed by atoms with E-state index in [2.05, 4.69) is 21.6 Å². The Kier molecular flexibility index (Phi) is 3.36. The van der Waals surface area contributed by atoms with Crippen LogP contribution in [0.3, 0.4) is 0 Å². The van der Waals surface area contributed by atoms with Crippen molar-refractivity contribution in [3.63, 3.8) is 0 Å². The van der Waals surface area contributed by atoms with Gasteiger partial charge in [-0.25, -0.2) is 9.78 Å². The normalized spacial score (nSPS) is 9.42. The Morgan fingerprint density at radius 1 is 1.26 bits per heavy atom. The monoisotopic (exact) mass is 250 g/mol. The van der Waals surface area contributed by atoms with Gasteiger partial charge in [-0.1, -0.05) is 0 Å². The number of carbonyl (C=O) groups is 1. The molecule has 2 aromatic rings. The van der Waals surface area contributed by atoms with Gasteiger partial charge in [0.05, 0.1) is 12.7 Å². The smallest absolute Gasteiger partial charge is 0.337 e. The van der Waals surface area contributed by atoms with Gasteiger partial charge in [-0.05, 0) is 36.1 Å². The molecule has 4 heteroatoms. The fourth-order valence-electron chi connectivity index (χ4n) is 1.66. The number of rotatable bonds is 2. The third-order valence-electron chi connectivity index (χ3n) is 2.61. The lowest BCUT2D eigenvalue weighted by molar-refractivity contribution is 0.0601. The van der Waals surface area contributed by atoms with E-state index in [1.165, 1.54) is 7.11 Å². The fourth-order valence-corrected chi connectivity index (χ4v) is 1.66. The van der Waals surface area contributed by atoms with Crippen molar-refractivity contribution in [2.45, 2.75) is 0 Å². The highest BCUT2D eigenvalue weighted by Gasteiger charge is 2.10. The molecule has 0 N–H and O–H groups in total. The van der Waals surface area contributed by atoms with Crippen LogP contribution >= 0.6 is 0 Å². The van der Waals surface area contributed by atoms with Crippen LogP contribution in [-0.2, 0) is 4.74 Å². The molecule has 4 nitrogen and oxygen atoms in total. The van der Waals surface area contributed by atoms with Gasteiger partial charge in [0.25, 0.3) is 0 Å². The lowest BCUT2D eigenvalue weighted by Gasteiger charge is -2.05. The van der Waals surface area contributed by atoms with Gasteiger partial charge >= 0.3 is 5.97 Å². The molecule has 0 spiro atoms. The quantitative estimate of drug-likeness (QED) is 0.601. The van der Waals surface area contributed by atoms with E-state index >= 15 is 0 Å². The van der Waals surface area contributed by atoms with Crippen LogP contribution in [0, 0.1) is 24.7 Å². The van der Waals surface area contributed by atoms with Crippen molar-refractivity contribution in [2.75, 3.05) is 7.11 Å². The van der Waals surface area contributed by atoms with Crippen LogP contribution in [0.15, 0.2) is 30.6 Å². The topological polar surface area (TPSA) is 44.1 Å². The second-order valence-corrected chi connectivity index (χ2v) is 3.64. The lowest BCUT2D eigenvalue weighted by Crippen LogP contribution is -2.02. The standard InChI is InChI=1S/C15H10N2O2/c1-4-13-14(5-2)17(10-16-13)12-8-6-11(7-9-12)15(18)19-3/h1-2,6-10H,3H3. The zero-order valence-corrected chi connectivity index (χ0v) is 10.3. The molecule has 0 aliphatic heterocycles. The number of aromatic nitrogens is 2. The summed E-state index contributed by atoms with van der Waals surface area (Å²) < 4.78 is 6.32. The number of methoxy groups -OCH3 is 1. The van der Waals surface area contributed by atoms with Crippen molar-refractivity contribution in [3.05, 3.63) is 47.5 Å². The zero-order valence-electron chi connectivity index (χ0n) is 10.3. The minimum Gasteiger partial charge on any atom is -0.465 e. The molecule has 0 radical (unpaired) electrons. The molecule has 0 fully saturated rings. The SMILES string of the molecule is C#Cc1ncn(-c2ccc(C(=O)OC)cc2)c1C#C. The minimum atomic E-state index is -0.390. The van der Waals surface area contributed by atoms with Crippen LogP contribution < -0.4 is 0 Å². The molecule has 0 saturated heterocycles. The maximum atomic E-state index is 11.3. The van der Waals surface area contributed by atoms with Gasteiger partial charge in [0.1, 0.15) is 17.7 Å². The van der Waals surface area contributed by atoms with Gasteiger partial charge in [-0.2, -0.15) is 0 Å². The summed E-state index contributed by atoms with van der Waals surface area (Å²) in [6.07, 6.45) is 12.3. The summed E-state index contributed by atoms with van der Waals surface area (Å²) in [5.74, 6) is 4.55. The first kappa shape index (κ1) is 12.5. The highest BCUT2D eigenvalue weighted by atomic mass is 16.5. The first-order valence-electron chi connectivity index (χ1n) is 5.40. The number of hydrogen-bond acceptors (Lipinski definition) is 3. The number of hydrogen-bond donors (Lipinski definition) is 0. The Morgan fingerprint density at radius 2 is 1.95 bits per heavy atom. The first-order valence-corrected chi connectivity index (χ1v) is 5.40. The number of imidazole rings is 1. The highest BCUT2D eigenvalue weighted by Crippen LogP contribution is 2.15. The van der Waals surface area contributed by atoms with Crippen molar-refractivity contribution >= 4 is 5.97 Å². The van der Waals surface area contributed by atoms with E-state index in [0.29, 0.717) is 17.0 Å². The third-order valence-corrected chi connectivity index (χ3v) is 2.61. The molecule has 1 aromatic heterocycles. The molecule has 0 atom stereocenters. The molecule has 92 valence electrons. The van der Waals surface area contributed by atoms with E-state index in [-0.39, 0.29) is 0 Å². The van der Waals surface area contributed by atoms with Crippen LogP contribution in [0.1, 0.15) is 21.7 Å². The number of ether oxygens (including phenoxy) is 1. The van der Waals surface area contributed by atoms with E-state index in [1.54, 1.807) is 35.2 Å². The Bertz CT molecular complexity index is 697. The number of terminal acetylenes is 2. The summed E-state index contributed by atoms with van der Waals surface area (Å²) in [7, 11) is 1.34. The van der Waals surface area contributed by atoms with Gasteiger partial charge in [0.15, 0.2) is 0 Å². The van der Waals surface area contributed by atoms with E-state index in [9.17, 15) is 4.79 Å². The number of nitrogens with zero attached hydrogens (tertiary/aromatic N) is 2. The van der Waals surface area contributed by atoms with Crippen molar-refractivity contribution in [3.8, 4) is 30.4 Å². The predicted octanol–water partition coefficient (Wildman–Crippen LogP) is 1.62. The molecule has 1 heterocycles. The molecule has 2 rings (SSSR count). The van der Waals surface area contributed by atoms with E-state index in [4.69, 9.17) is 12.8 Å². The Labute approximate surface area is 111 Å². The number of carbonyl (C=O) groups excluding carboxylic acids is 1. The Morgan fingerprint density at radius 3 is 2.47 bits per heavy atom. The number of esters is 1. The average Bonchev–Trinajstić information content (AvgIpc) is 2.89. The Balaban J connectivity index is 2.44. The van der Waals surface area contributed by atoms with Crippen LogP contribution in [0.4, 0.5) is 0 Å². The summed E-state index contributed by atoms with van der Waals surface area (Å²) in [5, 5.41) is 0. The second-order valence-electron chi connectivity index (χ2n) is 3.64. The fraction of sp³-hybridized carbons (Fsp3) is 0.0667. The molecular formula is C15H10N2O2. The summed E-state index contributed by atoms with van der Waals surface area (Å²) >= 11 is 0. The molecule has 0 aliphatic rings. The molecule has 0 bridgehead atoms. The van der Waals surface area contributed by atoms with E-state index in [0.717, 1.165) is 5.69 Å². The van der Waals surface area contributed by atoms with Crippen molar-refractivity contribution in [2.24, 2.45) is 0 Å². The van der Waals surface area contributed by atoms with Crippen molar-refractivity contribution < 1.29 is 9.53 Å². The first-order chi connectivity index (χ1) is 9.21. The summed E-state index contributed by atoms with van der Waals surface area (Å²) in [5.41, 5.74) is 2.16. The minimum absolute atomic E-state index is 0.390. The van der Waals surface area contributed by atoms with Gasteiger partial charge in [-0.15, -0.1) is 12.8 Å².